The van der Waals surface area contributed by atoms with Crippen LogP contribution in [0.5, 0.6) is 0 Å². The molecular formula is C24H25ClN6O3. The molecule has 0 spiro atoms. The highest BCUT2D eigenvalue weighted by Gasteiger charge is 2.24. The summed E-state index contributed by atoms with van der Waals surface area (Å²) in [5.41, 5.74) is 2.25. The van der Waals surface area contributed by atoms with Gasteiger partial charge >= 0.3 is 5.97 Å². The number of carboxylic acid groups (broad SMARTS) is 1. The van der Waals surface area contributed by atoms with E-state index in [1.165, 1.54) is 6.33 Å². The molecule has 0 saturated carbocycles. The first-order valence-corrected chi connectivity index (χ1v) is 11.3. The first-order chi connectivity index (χ1) is 16.4. The zero-order chi connectivity index (χ0) is 24.2. The van der Waals surface area contributed by atoms with E-state index in [4.69, 9.17) is 17.0 Å². The Kier molecular flexibility index (Phi) is 6.93. The van der Waals surface area contributed by atoms with E-state index in [2.05, 4.69) is 20.6 Å². The van der Waals surface area contributed by atoms with E-state index in [-0.39, 0.29) is 18.2 Å². The van der Waals surface area contributed by atoms with Gasteiger partial charge in [0.15, 0.2) is 0 Å². The minimum absolute atomic E-state index is 0.120. The molecule has 1 amide bonds. The van der Waals surface area contributed by atoms with Crippen LogP contribution in [-0.2, 0) is 4.79 Å². The van der Waals surface area contributed by atoms with E-state index in [1.807, 2.05) is 0 Å². The third-order valence-electron chi connectivity index (χ3n) is 5.87. The summed E-state index contributed by atoms with van der Waals surface area (Å²) >= 11 is 6.50. The van der Waals surface area contributed by atoms with Gasteiger partial charge in [0.2, 0.25) is 0 Å². The van der Waals surface area contributed by atoms with Crippen LogP contribution in [-0.4, -0.2) is 57.8 Å². The number of benzene rings is 2. The number of likely N-dealkylation sites (tertiary alicyclic amines) is 1. The lowest BCUT2D eigenvalue weighted by Crippen LogP contribution is -2.27. The van der Waals surface area contributed by atoms with Crippen LogP contribution in [0.1, 0.15) is 46.8 Å². The number of rotatable bonds is 7. The number of aliphatic carboxylic acids is 1. The summed E-state index contributed by atoms with van der Waals surface area (Å²) in [6.45, 7) is 1.43. The number of nitrogens with zero attached hydrogens (tertiary/aromatic N) is 3. The lowest BCUT2D eigenvalue weighted by Gasteiger charge is -2.20. The van der Waals surface area contributed by atoms with E-state index in [1.54, 1.807) is 48.3 Å². The number of amides is 1. The van der Waals surface area contributed by atoms with Gasteiger partial charge in [-0.05, 0) is 36.6 Å². The monoisotopic (exact) mass is 480 g/mol. The van der Waals surface area contributed by atoms with Crippen LogP contribution in [0.2, 0.25) is 5.02 Å². The number of carbonyl (C=O) groups is 2. The van der Waals surface area contributed by atoms with Crippen molar-refractivity contribution in [2.75, 3.05) is 25.5 Å². The van der Waals surface area contributed by atoms with Gasteiger partial charge in [-0.15, -0.1) is 0 Å². The molecular weight excluding hydrogens is 456 g/mol. The smallest absolute Gasteiger partial charge is 0.305 e. The van der Waals surface area contributed by atoms with E-state index in [0.29, 0.717) is 51.5 Å². The zero-order valence-electron chi connectivity index (χ0n) is 18.6. The number of nitrogens with one attached hydrogen (secondary N) is 3. The number of halogens is 1. The molecule has 1 unspecified atom stereocenters. The van der Waals surface area contributed by atoms with Crippen molar-refractivity contribution in [3.8, 4) is 0 Å². The number of aromatic nitrogens is 2. The zero-order valence-corrected chi connectivity index (χ0v) is 19.4. The molecule has 2 heterocycles. The fourth-order valence-corrected chi connectivity index (χ4v) is 4.34. The maximum absolute atomic E-state index is 12.9. The summed E-state index contributed by atoms with van der Waals surface area (Å²) in [6, 6.07) is 9.81. The number of carbonyl (C=O) groups excluding carboxylic acids is 1. The van der Waals surface area contributed by atoms with E-state index >= 15 is 0 Å². The van der Waals surface area contributed by atoms with Crippen LogP contribution in [0.4, 0.5) is 5.82 Å². The van der Waals surface area contributed by atoms with E-state index in [0.717, 1.165) is 12.8 Å². The van der Waals surface area contributed by atoms with Crippen molar-refractivity contribution in [2.24, 2.45) is 0 Å². The molecule has 1 atom stereocenters. The highest BCUT2D eigenvalue weighted by atomic mass is 35.5. The summed E-state index contributed by atoms with van der Waals surface area (Å²) in [4.78, 5) is 34.9. The van der Waals surface area contributed by atoms with Gasteiger partial charge in [-0.1, -0.05) is 29.8 Å². The minimum atomic E-state index is -0.985. The fourth-order valence-electron chi connectivity index (χ4n) is 4.09. The van der Waals surface area contributed by atoms with Gasteiger partial charge in [0.1, 0.15) is 18.0 Å². The lowest BCUT2D eigenvalue weighted by molar-refractivity contribution is -0.137. The summed E-state index contributed by atoms with van der Waals surface area (Å²) in [5.74, 6) is -0.468. The summed E-state index contributed by atoms with van der Waals surface area (Å²) in [6.07, 6.45) is 3.12. The molecule has 0 radical (unpaired) electrons. The van der Waals surface area contributed by atoms with Gasteiger partial charge in [0.25, 0.3) is 5.91 Å². The molecule has 1 saturated heterocycles. The molecule has 1 aromatic heterocycles. The average molecular weight is 481 g/mol. The normalized spacial score (nSPS) is 14.1. The number of amidine groups is 1. The molecule has 2 aromatic carbocycles. The van der Waals surface area contributed by atoms with E-state index in [9.17, 15) is 14.7 Å². The topological polar surface area (TPSA) is 131 Å². The van der Waals surface area contributed by atoms with Gasteiger partial charge in [-0.25, -0.2) is 9.97 Å². The Morgan fingerprint density at radius 2 is 1.97 bits per heavy atom. The Hall–Kier alpha value is -3.72. The Bertz CT molecular complexity index is 1260. The molecule has 3 aromatic rings. The number of hydrogen-bond donors (Lipinski definition) is 4. The number of carboxylic acids is 1. The molecule has 0 aliphatic carbocycles. The maximum atomic E-state index is 12.9. The summed E-state index contributed by atoms with van der Waals surface area (Å²) in [5, 5.41) is 24.4. The third kappa shape index (κ3) is 4.94. The molecule has 34 heavy (non-hydrogen) atoms. The molecule has 4 rings (SSSR count). The molecule has 1 fully saturated rings. The molecule has 4 N–H and O–H groups in total. The molecule has 9 nitrogen and oxygen atoms in total. The largest absolute Gasteiger partial charge is 0.481 e. The highest BCUT2D eigenvalue weighted by molar-refractivity contribution is 6.34. The van der Waals surface area contributed by atoms with Crippen molar-refractivity contribution in [2.45, 2.75) is 25.3 Å². The van der Waals surface area contributed by atoms with Crippen molar-refractivity contribution in [1.29, 1.82) is 5.41 Å². The van der Waals surface area contributed by atoms with Crippen LogP contribution >= 0.6 is 11.6 Å². The van der Waals surface area contributed by atoms with Crippen LogP contribution in [0, 0.1) is 5.41 Å². The Morgan fingerprint density at radius 3 is 2.68 bits per heavy atom. The van der Waals surface area contributed by atoms with Crippen LogP contribution < -0.4 is 10.6 Å². The number of anilines is 1. The Morgan fingerprint density at radius 1 is 1.21 bits per heavy atom. The standard InChI is InChI=1S/C24H25ClN6O3/c1-27-22(26)15-6-4-5-14(9-15)19(12-21(32)33)30-23-17-10-18(25)16(11-20(17)28-13-29-23)24(34)31-7-2-3-8-31/h4-6,9-11,13,19H,2-3,7-8,12H2,1H3,(H2,26,27)(H,32,33)(H,28,29,30). The van der Waals surface area contributed by atoms with Crippen LogP contribution in [0.25, 0.3) is 10.9 Å². The third-order valence-corrected chi connectivity index (χ3v) is 6.18. The van der Waals surface area contributed by atoms with Gasteiger partial charge < -0.3 is 20.6 Å². The second-order valence-corrected chi connectivity index (χ2v) is 8.52. The van der Waals surface area contributed by atoms with Gasteiger partial charge in [-0.3, -0.25) is 15.0 Å². The molecule has 176 valence electrons. The van der Waals surface area contributed by atoms with Crippen molar-refractivity contribution in [3.05, 3.63) is 64.4 Å². The molecule has 1 aliphatic heterocycles. The number of fused-ring (bicyclic) bond motifs is 1. The molecule has 10 heteroatoms. The van der Waals surface area contributed by atoms with Crippen molar-refractivity contribution >= 4 is 46.0 Å². The highest BCUT2D eigenvalue weighted by Crippen LogP contribution is 2.31. The predicted octanol–water partition coefficient (Wildman–Crippen LogP) is 3.69. The summed E-state index contributed by atoms with van der Waals surface area (Å²) in [7, 11) is 1.65. The van der Waals surface area contributed by atoms with Crippen molar-refractivity contribution in [1.82, 2.24) is 20.2 Å². The minimum Gasteiger partial charge on any atom is -0.481 e. The Labute approximate surface area is 201 Å². The maximum Gasteiger partial charge on any atom is 0.305 e. The lowest BCUT2D eigenvalue weighted by atomic mass is 10.0. The second kappa shape index (κ2) is 10.0. The van der Waals surface area contributed by atoms with Gasteiger partial charge in [-0.2, -0.15) is 0 Å². The van der Waals surface area contributed by atoms with Gasteiger partial charge in [0.05, 0.1) is 28.6 Å². The first-order valence-electron chi connectivity index (χ1n) is 11.0. The second-order valence-electron chi connectivity index (χ2n) is 8.12. The SMILES string of the molecule is CNC(=N)c1cccc(C(CC(=O)O)Nc2ncnc3cc(C(=O)N4CCCC4)c(Cl)cc23)c1. The van der Waals surface area contributed by atoms with Crippen LogP contribution in [0.3, 0.4) is 0 Å². The van der Waals surface area contributed by atoms with Crippen LogP contribution in [0.15, 0.2) is 42.7 Å². The molecule has 1 aliphatic rings. The quantitative estimate of drug-likeness (QED) is 0.299. The van der Waals surface area contributed by atoms with Crippen molar-refractivity contribution < 1.29 is 14.7 Å². The number of hydrogen-bond acceptors (Lipinski definition) is 6. The first kappa shape index (κ1) is 23.4. The fraction of sp³-hybridized carbons (Fsp3) is 0.292. The Balaban J connectivity index is 1.70. The average Bonchev–Trinajstić information content (AvgIpc) is 3.37. The predicted molar refractivity (Wildman–Crippen MR) is 131 cm³/mol. The molecule has 0 bridgehead atoms. The van der Waals surface area contributed by atoms with Gasteiger partial charge in [0, 0.05) is 31.1 Å². The van der Waals surface area contributed by atoms with Crippen molar-refractivity contribution in [3.63, 3.8) is 0 Å². The van der Waals surface area contributed by atoms with E-state index < -0.39 is 12.0 Å². The summed E-state index contributed by atoms with van der Waals surface area (Å²) < 4.78 is 0.